The second kappa shape index (κ2) is 10.6. The van der Waals surface area contributed by atoms with Crippen LogP contribution in [0.25, 0.3) is 10.2 Å². The van der Waals surface area contributed by atoms with E-state index in [0.29, 0.717) is 27.5 Å². The highest BCUT2D eigenvalue weighted by atomic mass is 32.2. The van der Waals surface area contributed by atoms with Crippen molar-refractivity contribution < 1.29 is 17.6 Å². The van der Waals surface area contributed by atoms with E-state index in [9.17, 15) is 17.6 Å². The van der Waals surface area contributed by atoms with Gasteiger partial charge in [-0.3, -0.25) is 14.7 Å². The molecule has 192 valence electrons. The first-order valence-electron chi connectivity index (χ1n) is 12.3. The second-order valence-corrected chi connectivity index (χ2v) is 12.0. The summed E-state index contributed by atoms with van der Waals surface area (Å²) in [5.41, 5.74) is 1.73. The third-order valence-corrected chi connectivity index (χ3v) is 9.64. The van der Waals surface area contributed by atoms with Crippen LogP contribution in [0.4, 0.5) is 9.52 Å². The maximum Gasteiger partial charge on any atom is 0.260 e. The van der Waals surface area contributed by atoms with Crippen LogP contribution in [0.2, 0.25) is 0 Å². The molecule has 1 unspecified atom stereocenters. The number of hydrogen-bond donors (Lipinski definition) is 0. The summed E-state index contributed by atoms with van der Waals surface area (Å²) >= 11 is 1.22. The number of sulfonamides is 1. The molecule has 1 saturated heterocycles. The number of carbonyl (C=O) groups excluding carboxylic acids is 1. The number of benzene rings is 2. The zero-order chi connectivity index (χ0) is 26.0. The molecule has 2 aromatic carbocycles. The lowest BCUT2D eigenvalue weighted by molar-refractivity contribution is 0.0985. The second-order valence-electron chi connectivity index (χ2n) is 9.06. The first-order chi connectivity index (χ1) is 17.9. The van der Waals surface area contributed by atoms with Gasteiger partial charge in [0.25, 0.3) is 5.91 Å². The normalized spacial score (nSPS) is 16.6. The highest BCUT2D eigenvalue weighted by Crippen LogP contribution is 2.32. The minimum atomic E-state index is -3.65. The summed E-state index contributed by atoms with van der Waals surface area (Å²) in [6.45, 7) is 2.73. The number of thiazole rings is 1. The number of halogens is 1. The Morgan fingerprint density at radius 1 is 1.16 bits per heavy atom. The molecule has 1 aliphatic heterocycles. The maximum absolute atomic E-state index is 13.8. The lowest BCUT2D eigenvalue weighted by Crippen LogP contribution is -2.43. The van der Waals surface area contributed by atoms with Crippen LogP contribution < -0.4 is 4.90 Å². The van der Waals surface area contributed by atoms with Gasteiger partial charge in [0.1, 0.15) is 5.82 Å². The van der Waals surface area contributed by atoms with Crippen molar-refractivity contribution in [3.05, 3.63) is 83.9 Å². The van der Waals surface area contributed by atoms with E-state index in [-0.39, 0.29) is 29.2 Å². The lowest BCUT2D eigenvalue weighted by Gasteiger charge is -2.34. The number of rotatable bonds is 7. The standard InChI is InChI=1S/C27H27FN4O3S2/c1-2-22-7-3-4-15-32(22)37(34,35)23-11-8-20(9-12-23)26(33)31(18-19-6-5-14-29-17-19)27-30-24-13-10-21(28)16-25(24)36-27/h5-6,8-14,16-17,22H,2-4,7,15,18H2,1H3. The molecule has 0 bridgehead atoms. The number of piperidine rings is 1. The summed E-state index contributed by atoms with van der Waals surface area (Å²) in [6, 6.07) is 14.1. The molecule has 0 radical (unpaired) electrons. The quantitative estimate of drug-likeness (QED) is 0.305. The third kappa shape index (κ3) is 5.27. The Morgan fingerprint density at radius 3 is 2.70 bits per heavy atom. The Kier molecular flexibility index (Phi) is 7.32. The van der Waals surface area contributed by atoms with E-state index in [0.717, 1.165) is 31.2 Å². The monoisotopic (exact) mass is 538 g/mol. The van der Waals surface area contributed by atoms with Crippen LogP contribution in [0.1, 0.15) is 48.5 Å². The van der Waals surface area contributed by atoms with Gasteiger partial charge in [-0.15, -0.1) is 0 Å². The van der Waals surface area contributed by atoms with Crippen molar-refractivity contribution in [2.45, 2.75) is 50.1 Å². The van der Waals surface area contributed by atoms with Crippen molar-refractivity contribution >= 4 is 42.6 Å². The first kappa shape index (κ1) is 25.4. The molecule has 3 heterocycles. The van der Waals surface area contributed by atoms with Gasteiger partial charge in [0, 0.05) is 30.5 Å². The largest absolute Gasteiger partial charge is 0.279 e. The molecule has 4 aromatic rings. The number of nitrogens with zero attached hydrogens (tertiary/aromatic N) is 4. The van der Waals surface area contributed by atoms with Gasteiger partial charge in [0.15, 0.2) is 5.13 Å². The Hall–Kier alpha value is -3.21. The predicted molar refractivity (Wildman–Crippen MR) is 143 cm³/mol. The van der Waals surface area contributed by atoms with Gasteiger partial charge in [0.05, 0.1) is 21.7 Å². The third-order valence-electron chi connectivity index (χ3n) is 6.63. The van der Waals surface area contributed by atoms with Gasteiger partial charge in [-0.1, -0.05) is 30.7 Å². The number of pyridine rings is 1. The lowest BCUT2D eigenvalue weighted by atomic mass is 10.0. The Morgan fingerprint density at radius 2 is 1.97 bits per heavy atom. The van der Waals surface area contributed by atoms with E-state index in [4.69, 9.17) is 0 Å². The molecule has 7 nitrogen and oxygen atoms in total. The van der Waals surface area contributed by atoms with Crippen molar-refractivity contribution in [1.82, 2.24) is 14.3 Å². The van der Waals surface area contributed by atoms with E-state index in [1.54, 1.807) is 41.0 Å². The van der Waals surface area contributed by atoms with Gasteiger partial charge in [-0.25, -0.2) is 17.8 Å². The zero-order valence-corrected chi connectivity index (χ0v) is 22.0. The molecule has 0 saturated carbocycles. The van der Waals surface area contributed by atoms with E-state index >= 15 is 0 Å². The Bertz CT molecular complexity index is 1510. The SMILES string of the molecule is CCC1CCCCN1S(=O)(=O)c1ccc(C(=O)N(Cc2cccnc2)c2nc3ccc(F)cc3s2)cc1. The minimum absolute atomic E-state index is 0.00101. The molecule has 1 atom stereocenters. The minimum Gasteiger partial charge on any atom is -0.279 e. The molecule has 0 spiro atoms. The molecule has 37 heavy (non-hydrogen) atoms. The average Bonchev–Trinajstić information content (AvgIpc) is 3.35. The summed E-state index contributed by atoms with van der Waals surface area (Å²) in [7, 11) is -3.65. The zero-order valence-electron chi connectivity index (χ0n) is 20.4. The van der Waals surface area contributed by atoms with E-state index in [2.05, 4.69) is 9.97 Å². The highest BCUT2D eigenvalue weighted by Gasteiger charge is 2.32. The van der Waals surface area contributed by atoms with Crippen molar-refractivity contribution in [3.8, 4) is 0 Å². The molecule has 2 aromatic heterocycles. The summed E-state index contributed by atoms with van der Waals surface area (Å²) in [6.07, 6.45) is 6.84. The van der Waals surface area contributed by atoms with Crippen molar-refractivity contribution in [2.75, 3.05) is 11.4 Å². The topological polar surface area (TPSA) is 83.5 Å². The molecule has 1 amide bonds. The fourth-order valence-corrected chi connectivity index (χ4v) is 7.42. The first-order valence-corrected chi connectivity index (χ1v) is 14.5. The van der Waals surface area contributed by atoms with Crippen LogP contribution in [0.15, 0.2) is 71.9 Å². The number of amides is 1. The van der Waals surface area contributed by atoms with E-state index in [1.807, 2.05) is 13.0 Å². The van der Waals surface area contributed by atoms with E-state index in [1.165, 1.54) is 40.5 Å². The fraction of sp³-hybridized carbons (Fsp3) is 0.296. The fourth-order valence-electron chi connectivity index (χ4n) is 4.66. The number of hydrogen-bond acceptors (Lipinski definition) is 6. The number of anilines is 1. The molecule has 5 rings (SSSR count). The summed E-state index contributed by atoms with van der Waals surface area (Å²) in [5, 5.41) is 0.422. The summed E-state index contributed by atoms with van der Waals surface area (Å²) in [5.74, 6) is -0.708. The Labute approximate surface area is 219 Å². The molecule has 0 N–H and O–H groups in total. The van der Waals surface area contributed by atoms with Gasteiger partial charge in [-0.2, -0.15) is 4.31 Å². The summed E-state index contributed by atoms with van der Waals surface area (Å²) in [4.78, 5) is 24.1. The highest BCUT2D eigenvalue weighted by molar-refractivity contribution is 7.89. The van der Waals surface area contributed by atoms with Gasteiger partial charge >= 0.3 is 0 Å². The van der Waals surface area contributed by atoms with Crippen LogP contribution in [0.5, 0.6) is 0 Å². The van der Waals surface area contributed by atoms with Crippen LogP contribution in [0, 0.1) is 5.82 Å². The van der Waals surface area contributed by atoms with Crippen LogP contribution in [-0.2, 0) is 16.6 Å². The predicted octanol–water partition coefficient (Wildman–Crippen LogP) is 5.63. The van der Waals surface area contributed by atoms with Gasteiger partial charge in [0.2, 0.25) is 10.0 Å². The Balaban J connectivity index is 1.46. The van der Waals surface area contributed by atoms with Crippen molar-refractivity contribution in [3.63, 3.8) is 0 Å². The molecular formula is C27H27FN4O3S2. The molecule has 1 aliphatic rings. The van der Waals surface area contributed by atoms with Gasteiger partial charge in [-0.05, 0) is 73.4 Å². The molecule has 10 heteroatoms. The van der Waals surface area contributed by atoms with Crippen molar-refractivity contribution in [1.29, 1.82) is 0 Å². The van der Waals surface area contributed by atoms with Crippen LogP contribution in [-0.4, -0.2) is 41.2 Å². The van der Waals surface area contributed by atoms with Crippen LogP contribution >= 0.6 is 11.3 Å². The van der Waals surface area contributed by atoms with Crippen LogP contribution in [0.3, 0.4) is 0 Å². The van der Waals surface area contributed by atoms with E-state index < -0.39 is 10.0 Å². The molecule has 0 aliphatic carbocycles. The number of fused-ring (bicyclic) bond motifs is 1. The van der Waals surface area contributed by atoms with Crippen molar-refractivity contribution in [2.24, 2.45) is 0 Å². The number of aromatic nitrogens is 2. The molecular weight excluding hydrogens is 511 g/mol. The summed E-state index contributed by atoms with van der Waals surface area (Å²) < 4.78 is 42.7. The molecule has 1 fully saturated rings. The maximum atomic E-state index is 13.8. The smallest absolute Gasteiger partial charge is 0.260 e. The van der Waals surface area contributed by atoms with Gasteiger partial charge < -0.3 is 0 Å². The average molecular weight is 539 g/mol. The number of carbonyl (C=O) groups is 1.